The molecule has 4 aromatic rings. The Kier molecular flexibility index (Phi) is 11.9. The molecule has 14 heteroatoms. The van der Waals surface area contributed by atoms with Crippen molar-refractivity contribution in [2.75, 3.05) is 46.9 Å². The highest BCUT2D eigenvalue weighted by Crippen LogP contribution is 2.43. The van der Waals surface area contributed by atoms with Gasteiger partial charge in [0.1, 0.15) is 11.4 Å². The van der Waals surface area contributed by atoms with Gasteiger partial charge in [-0.05, 0) is 57.9 Å². The number of hydrogen-bond donors (Lipinski definition) is 1. The molecule has 0 bridgehead atoms. The Hall–Kier alpha value is -4.91. The number of likely N-dealkylation sites (tertiary alicyclic amines) is 2. The SMILES string of the molecule is COc1cc(-c2nccc(-c3cccc(-c4ccc(CN(C(=O)OC(C)(C)C)C5CCN(C(C)=O)CC5)c(OC)n4)c3Cl)c2Cl)ccc1CN1CC2(CNC(=O)C2)C1. The summed E-state index contributed by atoms with van der Waals surface area (Å²) in [6, 6.07) is 17.2. The first-order valence-electron chi connectivity index (χ1n) is 19.6. The monoisotopic (exact) mass is 828 g/mol. The second-order valence-electron chi connectivity index (χ2n) is 16.5. The van der Waals surface area contributed by atoms with Gasteiger partial charge in [0.2, 0.25) is 17.7 Å². The van der Waals surface area contributed by atoms with Crippen molar-refractivity contribution in [3.05, 3.63) is 82.0 Å². The minimum Gasteiger partial charge on any atom is -0.496 e. The molecule has 3 amide bonds. The summed E-state index contributed by atoms with van der Waals surface area (Å²) in [4.78, 5) is 52.8. The number of methoxy groups -OCH3 is 2. The number of piperidine rings is 1. The summed E-state index contributed by atoms with van der Waals surface area (Å²) in [6.07, 6.45) is 3.14. The van der Waals surface area contributed by atoms with Gasteiger partial charge in [-0.2, -0.15) is 0 Å². The Bertz CT molecular complexity index is 2210. The first-order valence-corrected chi connectivity index (χ1v) is 20.3. The molecule has 3 aliphatic heterocycles. The molecule has 3 fully saturated rings. The number of halogens is 2. The summed E-state index contributed by atoms with van der Waals surface area (Å²) >= 11 is 14.3. The van der Waals surface area contributed by atoms with E-state index in [-0.39, 0.29) is 29.8 Å². The van der Waals surface area contributed by atoms with Crippen molar-refractivity contribution in [1.82, 2.24) is 30.0 Å². The van der Waals surface area contributed by atoms with Gasteiger partial charge < -0.3 is 29.3 Å². The molecular formula is C44H50Cl2N6O6. The smallest absolute Gasteiger partial charge is 0.410 e. The molecule has 3 aliphatic rings. The van der Waals surface area contributed by atoms with Crippen LogP contribution in [0.1, 0.15) is 58.1 Å². The minimum atomic E-state index is -0.685. The zero-order valence-corrected chi connectivity index (χ0v) is 35.4. The molecule has 58 heavy (non-hydrogen) atoms. The average molecular weight is 830 g/mol. The van der Waals surface area contributed by atoms with Crippen molar-refractivity contribution in [2.24, 2.45) is 5.41 Å². The number of carbonyl (C=O) groups excluding carboxylic acids is 3. The van der Waals surface area contributed by atoms with Crippen molar-refractivity contribution < 1.29 is 28.6 Å². The Balaban J connectivity index is 1.12. The van der Waals surface area contributed by atoms with Crippen LogP contribution in [0.5, 0.6) is 11.6 Å². The lowest BCUT2D eigenvalue weighted by Gasteiger charge is -2.47. The number of pyridine rings is 2. The zero-order chi connectivity index (χ0) is 41.4. The van der Waals surface area contributed by atoms with Gasteiger partial charge >= 0.3 is 6.09 Å². The van der Waals surface area contributed by atoms with Gasteiger partial charge in [-0.1, -0.05) is 53.5 Å². The number of benzene rings is 2. The van der Waals surface area contributed by atoms with Crippen LogP contribution in [0.3, 0.4) is 0 Å². The number of ether oxygens (including phenoxy) is 3. The number of nitrogens with one attached hydrogen (secondary N) is 1. The van der Waals surface area contributed by atoms with Crippen LogP contribution >= 0.6 is 23.2 Å². The van der Waals surface area contributed by atoms with Crippen LogP contribution in [0.4, 0.5) is 4.79 Å². The topological polar surface area (TPSA) is 126 Å². The van der Waals surface area contributed by atoms with Crippen LogP contribution < -0.4 is 14.8 Å². The summed E-state index contributed by atoms with van der Waals surface area (Å²) in [5, 5.41) is 3.86. The van der Waals surface area contributed by atoms with Gasteiger partial charge in [0.05, 0.1) is 42.2 Å². The molecule has 1 N–H and O–H groups in total. The average Bonchev–Trinajstić information content (AvgIpc) is 3.58. The van der Waals surface area contributed by atoms with Crippen molar-refractivity contribution in [3.8, 4) is 45.3 Å². The van der Waals surface area contributed by atoms with Crippen molar-refractivity contribution >= 4 is 41.1 Å². The Morgan fingerprint density at radius 2 is 1.66 bits per heavy atom. The van der Waals surface area contributed by atoms with E-state index in [1.54, 1.807) is 37.1 Å². The van der Waals surface area contributed by atoms with Gasteiger partial charge in [-0.3, -0.25) is 19.5 Å². The van der Waals surface area contributed by atoms with E-state index in [0.29, 0.717) is 88.5 Å². The normalized spacial score (nSPS) is 16.8. The summed E-state index contributed by atoms with van der Waals surface area (Å²) in [7, 11) is 3.21. The van der Waals surface area contributed by atoms with Gasteiger partial charge in [0, 0.05) is 104 Å². The van der Waals surface area contributed by atoms with Crippen molar-refractivity contribution in [2.45, 2.75) is 71.7 Å². The molecule has 2 aromatic carbocycles. The molecular weight excluding hydrogens is 779 g/mol. The fourth-order valence-corrected chi connectivity index (χ4v) is 8.95. The first-order chi connectivity index (χ1) is 27.7. The lowest BCUT2D eigenvalue weighted by molar-refractivity contribution is -0.130. The van der Waals surface area contributed by atoms with E-state index in [1.165, 1.54) is 0 Å². The quantitative estimate of drug-likeness (QED) is 0.170. The van der Waals surface area contributed by atoms with E-state index >= 15 is 0 Å². The van der Waals surface area contributed by atoms with E-state index in [9.17, 15) is 14.4 Å². The summed E-state index contributed by atoms with van der Waals surface area (Å²) < 4.78 is 17.5. The molecule has 0 saturated carbocycles. The summed E-state index contributed by atoms with van der Waals surface area (Å²) in [5.41, 5.74) is 5.19. The second-order valence-corrected chi connectivity index (χ2v) is 17.3. The number of hydrogen-bond acceptors (Lipinski definition) is 9. The Morgan fingerprint density at radius 1 is 0.948 bits per heavy atom. The molecule has 0 aliphatic carbocycles. The number of rotatable bonds is 10. The molecule has 3 saturated heterocycles. The maximum Gasteiger partial charge on any atom is 0.410 e. The van der Waals surface area contributed by atoms with Crippen LogP contribution in [0.15, 0.2) is 60.8 Å². The summed E-state index contributed by atoms with van der Waals surface area (Å²) in [5.74, 6) is 1.25. The Morgan fingerprint density at radius 3 is 2.31 bits per heavy atom. The van der Waals surface area contributed by atoms with Crippen LogP contribution in [-0.2, 0) is 27.4 Å². The standard InChI is InChI=1S/C44H50Cl2N6O6/c1-27(53)51-18-15-31(16-19-51)52(42(55)58-43(2,3)4)23-30-12-13-35(49-41(30)57-6)34-9-7-8-32(38(34)45)33-14-17-47-40(39(33)46)28-10-11-29(36(20-28)56-5)22-50-25-44(26-50)21-37(54)48-24-44/h7-14,17,20,31H,15-16,18-19,21-26H2,1-6H3,(H,48,54). The highest BCUT2D eigenvalue weighted by molar-refractivity contribution is 6.39. The lowest BCUT2D eigenvalue weighted by atomic mass is 9.79. The highest BCUT2D eigenvalue weighted by Gasteiger charge is 2.48. The second kappa shape index (κ2) is 16.8. The molecule has 0 radical (unpaired) electrons. The molecule has 0 unspecified atom stereocenters. The highest BCUT2D eigenvalue weighted by atomic mass is 35.5. The van der Waals surface area contributed by atoms with E-state index in [1.807, 2.05) is 75.4 Å². The fraction of sp³-hybridized carbons (Fsp3) is 0.432. The van der Waals surface area contributed by atoms with Crippen LogP contribution in [0.25, 0.3) is 33.6 Å². The number of carbonyl (C=O) groups is 3. The van der Waals surface area contributed by atoms with Crippen LogP contribution in [-0.4, -0.2) is 101 Å². The maximum atomic E-state index is 13.6. The third-order valence-corrected chi connectivity index (χ3v) is 12.0. The predicted molar refractivity (Wildman–Crippen MR) is 224 cm³/mol. The number of nitrogens with zero attached hydrogens (tertiary/aromatic N) is 5. The van der Waals surface area contributed by atoms with Crippen LogP contribution in [0, 0.1) is 5.41 Å². The van der Waals surface area contributed by atoms with Crippen molar-refractivity contribution in [1.29, 1.82) is 0 Å². The van der Waals surface area contributed by atoms with E-state index < -0.39 is 11.7 Å². The minimum absolute atomic E-state index is 0.0266. The number of amides is 3. The molecule has 306 valence electrons. The largest absolute Gasteiger partial charge is 0.496 e. The van der Waals surface area contributed by atoms with E-state index in [0.717, 1.165) is 36.5 Å². The first kappa shape index (κ1) is 41.3. The number of aromatic nitrogens is 2. The van der Waals surface area contributed by atoms with Crippen molar-refractivity contribution in [3.63, 3.8) is 0 Å². The predicted octanol–water partition coefficient (Wildman–Crippen LogP) is 7.87. The lowest BCUT2D eigenvalue weighted by Crippen LogP contribution is -2.56. The Labute approximate surface area is 349 Å². The zero-order valence-electron chi connectivity index (χ0n) is 33.9. The van der Waals surface area contributed by atoms with Gasteiger partial charge in [-0.25, -0.2) is 9.78 Å². The molecule has 1 spiro atoms. The molecule has 5 heterocycles. The fourth-order valence-electron chi connectivity index (χ4n) is 8.30. The molecule has 7 rings (SSSR count). The molecule has 12 nitrogen and oxygen atoms in total. The van der Waals surface area contributed by atoms with Crippen LogP contribution in [0.2, 0.25) is 10.0 Å². The van der Waals surface area contributed by atoms with E-state index in [2.05, 4.69) is 15.2 Å². The van der Waals surface area contributed by atoms with E-state index in [4.69, 9.17) is 42.4 Å². The third-order valence-electron chi connectivity index (χ3n) is 11.2. The molecule has 2 aromatic heterocycles. The molecule has 0 atom stereocenters. The van der Waals surface area contributed by atoms with Gasteiger partial charge in [0.25, 0.3) is 0 Å². The van der Waals surface area contributed by atoms with Gasteiger partial charge in [-0.15, -0.1) is 0 Å². The summed E-state index contributed by atoms with van der Waals surface area (Å²) in [6.45, 7) is 11.6. The van der Waals surface area contributed by atoms with Gasteiger partial charge in [0.15, 0.2) is 0 Å². The maximum absolute atomic E-state index is 13.6. The third kappa shape index (κ3) is 8.74.